The molecule has 2 heterocycles. The van der Waals surface area contributed by atoms with Crippen LogP contribution in [0.1, 0.15) is 47.8 Å². The lowest BCUT2D eigenvalue weighted by Gasteiger charge is -2.25. The van der Waals surface area contributed by atoms with Gasteiger partial charge in [0.05, 0.1) is 19.3 Å². The second-order valence-corrected chi connectivity index (χ2v) is 13.5. The minimum atomic E-state index is -4.33. The Morgan fingerprint density at radius 3 is 2.59 bits per heavy atom. The van der Waals surface area contributed by atoms with E-state index in [2.05, 4.69) is 10.1 Å². The number of carbonyl (C=O) groups is 2. The van der Waals surface area contributed by atoms with Crippen LogP contribution in [0.4, 0.5) is 10.2 Å². The van der Waals surface area contributed by atoms with E-state index in [-0.39, 0.29) is 23.3 Å². The van der Waals surface area contributed by atoms with Crippen molar-refractivity contribution < 1.29 is 42.2 Å². The van der Waals surface area contributed by atoms with Gasteiger partial charge in [0.25, 0.3) is 5.13 Å². The molecule has 0 unspecified atom stereocenters. The standard InChI is InChI=1S/C22H35ClFN4O9PS/c1-12(2)36-17(30)13(3)27-38(33,34-9-10-39-19(31)21(4,5)6)35-11-14-16(29)22(23,24)18(37-14)28-8-7-15(25)26-20(28)32/h7-8,12-14,16,18,29H,9-11H2,1-6H3,(H,27,33)(H2,25,26,32)/t13-,14+,16+,18+,22-,38+/m0/s1. The van der Waals surface area contributed by atoms with Gasteiger partial charge in [0.2, 0.25) is 0 Å². The highest BCUT2D eigenvalue weighted by atomic mass is 35.5. The summed E-state index contributed by atoms with van der Waals surface area (Å²) in [6, 6.07) is 0.0527. The molecule has 222 valence electrons. The van der Waals surface area contributed by atoms with Crippen molar-refractivity contribution in [3.8, 4) is 0 Å². The van der Waals surface area contributed by atoms with Crippen LogP contribution in [0.3, 0.4) is 0 Å². The minimum absolute atomic E-state index is 0.114. The summed E-state index contributed by atoms with van der Waals surface area (Å²) in [7, 11) is -4.33. The molecule has 0 spiro atoms. The summed E-state index contributed by atoms with van der Waals surface area (Å²) in [6.07, 6.45) is -4.73. The van der Waals surface area contributed by atoms with Gasteiger partial charge < -0.3 is 20.3 Å². The molecule has 0 aromatic carbocycles. The van der Waals surface area contributed by atoms with Gasteiger partial charge in [0.15, 0.2) is 11.3 Å². The van der Waals surface area contributed by atoms with Crippen molar-refractivity contribution in [1.82, 2.24) is 14.6 Å². The van der Waals surface area contributed by atoms with Crippen LogP contribution in [0.2, 0.25) is 0 Å². The molecular formula is C22H35ClFN4O9PS. The predicted molar refractivity (Wildman–Crippen MR) is 143 cm³/mol. The number of thioether (sulfide) groups is 1. The lowest BCUT2D eigenvalue weighted by atomic mass is 10.00. The fourth-order valence-corrected chi connectivity index (χ4v) is 5.81. The topological polar surface area (TPSA) is 181 Å². The number of rotatable bonds is 12. The second-order valence-electron chi connectivity index (χ2n) is 10.0. The number of aliphatic hydroxyl groups excluding tert-OH is 1. The highest BCUT2D eigenvalue weighted by molar-refractivity contribution is 8.13. The SMILES string of the molecule is CC(C)OC(=O)[C@H](C)N[P@@](=O)(OCCSC(=O)C(C)(C)C)OC[C@H]1O[C@@H](n2ccc(N)nc2=O)[C@](F)(Cl)[C@@H]1O. The molecule has 4 N–H and O–H groups in total. The largest absolute Gasteiger partial charge is 0.462 e. The average Bonchev–Trinajstić information content (AvgIpc) is 3.03. The zero-order chi connectivity index (χ0) is 29.8. The minimum Gasteiger partial charge on any atom is -0.462 e. The molecule has 0 amide bonds. The lowest BCUT2D eigenvalue weighted by Crippen LogP contribution is -2.41. The summed E-state index contributed by atoms with van der Waals surface area (Å²) in [4.78, 5) is 40.1. The van der Waals surface area contributed by atoms with E-state index < -0.39 is 67.1 Å². The Morgan fingerprint density at radius 1 is 1.38 bits per heavy atom. The number of nitrogens with two attached hydrogens (primary N) is 1. The number of esters is 1. The number of nitrogens with zero attached hydrogens (tertiary/aromatic N) is 2. The zero-order valence-corrected chi connectivity index (χ0v) is 24.9. The van der Waals surface area contributed by atoms with E-state index in [0.29, 0.717) is 4.57 Å². The molecule has 1 aromatic heterocycles. The summed E-state index contributed by atoms with van der Waals surface area (Å²) in [5.41, 5.74) is 3.87. The van der Waals surface area contributed by atoms with Crippen molar-refractivity contribution in [3.05, 3.63) is 22.7 Å². The first kappa shape index (κ1) is 33.6. The van der Waals surface area contributed by atoms with E-state index in [1.54, 1.807) is 34.6 Å². The van der Waals surface area contributed by atoms with Gasteiger partial charge in [0, 0.05) is 17.4 Å². The summed E-state index contributed by atoms with van der Waals surface area (Å²) >= 11 is 6.85. The number of hydrogen-bond donors (Lipinski definition) is 3. The van der Waals surface area contributed by atoms with Crippen molar-refractivity contribution in [2.24, 2.45) is 5.41 Å². The maximum Gasteiger partial charge on any atom is 0.406 e. The van der Waals surface area contributed by atoms with Gasteiger partial charge >= 0.3 is 19.4 Å². The quantitative estimate of drug-likeness (QED) is 0.135. The van der Waals surface area contributed by atoms with Crippen LogP contribution >= 0.6 is 31.1 Å². The molecule has 1 aromatic rings. The van der Waals surface area contributed by atoms with Crippen LogP contribution in [-0.4, -0.2) is 74.2 Å². The van der Waals surface area contributed by atoms with Crippen molar-refractivity contribution in [2.45, 2.75) is 77.3 Å². The van der Waals surface area contributed by atoms with Crippen LogP contribution in [0, 0.1) is 5.41 Å². The van der Waals surface area contributed by atoms with Gasteiger partial charge in [-0.25, -0.2) is 18.8 Å². The number of halogens is 2. The van der Waals surface area contributed by atoms with Gasteiger partial charge in [0.1, 0.15) is 24.1 Å². The Balaban J connectivity index is 2.16. The number of alkyl halides is 2. The first-order chi connectivity index (χ1) is 17.9. The van der Waals surface area contributed by atoms with Crippen LogP contribution < -0.4 is 16.5 Å². The molecule has 1 fully saturated rings. The molecule has 1 saturated heterocycles. The Morgan fingerprint density at radius 2 is 2.03 bits per heavy atom. The Labute approximate surface area is 234 Å². The van der Waals surface area contributed by atoms with E-state index in [9.17, 15) is 24.1 Å². The van der Waals surface area contributed by atoms with Gasteiger partial charge in [-0.05, 0) is 26.8 Å². The third-order valence-electron chi connectivity index (χ3n) is 5.14. The number of hydrogen-bond acceptors (Lipinski definition) is 12. The van der Waals surface area contributed by atoms with E-state index in [1.165, 1.54) is 13.0 Å². The van der Waals surface area contributed by atoms with Gasteiger partial charge in [-0.1, -0.05) is 44.1 Å². The number of nitrogen functional groups attached to an aromatic ring is 1. The first-order valence-corrected chi connectivity index (χ1v) is 14.9. The zero-order valence-electron chi connectivity index (χ0n) is 22.5. The molecule has 39 heavy (non-hydrogen) atoms. The first-order valence-electron chi connectivity index (χ1n) is 12.0. The molecule has 17 heteroatoms. The van der Waals surface area contributed by atoms with Crippen molar-refractivity contribution >= 4 is 48.0 Å². The number of carbonyl (C=O) groups excluding carboxylic acids is 2. The predicted octanol–water partition coefficient (Wildman–Crippen LogP) is 2.37. The smallest absolute Gasteiger partial charge is 0.406 e. The highest BCUT2D eigenvalue weighted by Crippen LogP contribution is 2.48. The lowest BCUT2D eigenvalue weighted by molar-refractivity contribution is -0.149. The summed E-state index contributed by atoms with van der Waals surface area (Å²) in [5.74, 6) is -0.751. The molecule has 0 aliphatic carbocycles. The van der Waals surface area contributed by atoms with Crippen molar-refractivity contribution in [2.75, 3.05) is 24.7 Å². The van der Waals surface area contributed by atoms with E-state index in [1.807, 2.05) is 0 Å². The Bertz CT molecular complexity index is 1130. The maximum absolute atomic E-state index is 15.3. The van der Waals surface area contributed by atoms with Crippen molar-refractivity contribution in [3.63, 3.8) is 0 Å². The maximum atomic E-state index is 15.3. The average molecular weight is 617 g/mol. The molecule has 0 radical (unpaired) electrons. The second kappa shape index (κ2) is 13.4. The molecule has 0 bridgehead atoms. The normalized spacial score (nSPS) is 25.8. The molecule has 13 nitrogen and oxygen atoms in total. The number of aromatic nitrogens is 2. The fourth-order valence-electron chi connectivity index (χ4n) is 3.13. The Hall–Kier alpha value is -1.58. The summed E-state index contributed by atoms with van der Waals surface area (Å²) in [6.45, 7) is 8.92. The van der Waals surface area contributed by atoms with Crippen LogP contribution in [-0.2, 0) is 32.7 Å². The monoisotopic (exact) mass is 616 g/mol. The summed E-state index contributed by atoms with van der Waals surface area (Å²) < 4.78 is 50.8. The highest BCUT2D eigenvalue weighted by Gasteiger charge is 2.58. The van der Waals surface area contributed by atoms with E-state index in [4.69, 9.17) is 35.9 Å². The van der Waals surface area contributed by atoms with Gasteiger partial charge in [-0.2, -0.15) is 4.98 Å². The molecule has 2 rings (SSSR count). The van der Waals surface area contributed by atoms with Crippen LogP contribution in [0.5, 0.6) is 0 Å². The third kappa shape index (κ3) is 9.22. The van der Waals surface area contributed by atoms with Gasteiger partial charge in [-0.3, -0.25) is 23.2 Å². The van der Waals surface area contributed by atoms with Crippen molar-refractivity contribution in [1.29, 1.82) is 0 Å². The third-order valence-corrected chi connectivity index (χ3v) is 8.51. The van der Waals surface area contributed by atoms with E-state index in [0.717, 1.165) is 18.0 Å². The summed E-state index contributed by atoms with van der Waals surface area (Å²) in [5, 5.41) is 9.79. The number of anilines is 1. The number of nitrogens with one attached hydrogen (secondary N) is 1. The van der Waals surface area contributed by atoms with Crippen LogP contribution in [0.25, 0.3) is 0 Å². The molecule has 6 atom stereocenters. The van der Waals surface area contributed by atoms with Gasteiger partial charge in [-0.15, -0.1) is 0 Å². The Kier molecular flexibility index (Phi) is 11.5. The van der Waals surface area contributed by atoms with Crippen LogP contribution in [0.15, 0.2) is 17.1 Å². The molecule has 0 saturated carbocycles. The number of aliphatic hydroxyl groups is 1. The fraction of sp³-hybridized carbons (Fsp3) is 0.727. The molecular weight excluding hydrogens is 582 g/mol. The van der Waals surface area contributed by atoms with E-state index >= 15 is 4.39 Å². The molecule has 1 aliphatic heterocycles. The number of ether oxygens (including phenoxy) is 2. The molecule has 1 aliphatic rings.